The first-order valence-electron chi connectivity index (χ1n) is 7.25. The number of nitrogen functional groups attached to an aromatic ring is 1. The molecule has 1 fully saturated rings. The van der Waals surface area contributed by atoms with Crippen molar-refractivity contribution in [3.63, 3.8) is 0 Å². The maximum atomic E-state index is 11.4. The van der Waals surface area contributed by atoms with Crippen molar-refractivity contribution >= 4 is 23.0 Å². The lowest BCUT2D eigenvalue weighted by Gasteiger charge is -2.35. The van der Waals surface area contributed by atoms with Gasteiger partial charge in [-0.05, 0) is 42.9 Å². The van der Waals surface area contributed by atoms with Crippen LogP contribution in [0.3, 0.4) is 0 Å². The number of aliphatic hydroxyl groups excluding tert-OH is 1. The fraction of sp³-hybridized carbons (Fsp3) is 0.533. The van der Waals surface area contributed by atoms with Crippen LogP contribution in [0.25, 0.3) is 0 Å². The molecule has 1 atom stereocenters. The number of hydrogen-bond acceptors (Lipinski definition) is 4. The molecule has 3 rings (SSSR count). The van der Waals surface area contributed by atoms with E-state index in [1.165, 1.54) is 6.42 Å². The Balaban J connectivity index is 1.83. The summed E-state index contributed by atoms with van der Waals surface area (Å²) < 4.78 is 0. The summed E-state index contributed by atoms with van der Waals surface area (Å²) in [4.78, 5) is 13.7. The number of anilines is 3. The first kappa shape index (κ1) is 13.2. The van der Waals surface area contributed by atoms with Gasteiger partial charge in [-0.25, -0.2) is 0 Å². The summed E-state index contributed by atoms with van der Waals surface area (Å²) >= 11 is 0. The van der Waals surface area contributed by atoms with Gasteiger partial charge < -0.3 is 21.1 Å². The summed E-state index contributed by atoms with van der Waals surface area (Å²) in [5.41, 5.74) is 9.79. The van der Waals surface area contributed by atoms with Crippen molar-refractivity contribution in [3.05, 3.63) is 17.7 Å². The number of amides is 1. The van der Waals surface area contributed by atoms with Crippen LogP contribution < -0.4 is 16.0 Å². The van der Waals surface area contributed by atoms with E-state index in [1.54, 1.807) is 0 Å². The van der Waals surface area contributed by atoms with Crippen molar-refractivity contribution in [1.82, 2.24) is 0 Å². The zero-order chi connectivity index (χ0) is 14.1. The molecule has 1 amide bonds. The van der Waals surface area contributed by atoms with Crippen LogP contribution in [0.1, 0.15) is 24.8 Å². The van der Waals surface area contributed by atoms with Crippen LogP contribution >= 0.6 is 0 Å². The standard InChI is InChI=1S/C15H21N3O2/c16-12-6-11-7-15(20)17-13(11)8-14(12)18-4-1-2-10(9-18)3-5-19/h6,8,10,19H,1-5,7,9,16H2,(H,17,20). The normalized spacial score (nSPS) is 21.8. The van der Waals surface area contributed by atoms with E-state index in [-0.39, 0.29) is 12.5 Å². The third-order valence-electron chi connectivity index (χ3n) is 4.27. The number of rotatable bonds is 3. The number of carbonyl (C=O) groups is 1. The lowest BCUT2D eigenvalue weighted by Crippen LogP contribution is -2.36. The largest absolute Gasteiger partial charge is 0.397 e. The smallest absolute Gasteiger partial charge is 0.228 e. The van der Waals surface area contributed by atoms with E-state index in [1.807, 2.05) is 12.1 Å². The number of fused-ring (bicyclic) bond motifs is 1. The highest BCUT2D eigenvalue weighted by Crippen LogP contribution is 2.35. The molecule has 1 aromatic rings. The number of benzene rings is 1. The average Bonchev–Trinajstić information content (AvgIpc) is 2.77. The quantitative estimate of drug-likeness (QED) is 0.728. The highest BCUT2D eigenvalue weighted by molar-refractivity contribution is 6.00. The molecule has 0 bridgehead atoms. The van der Waals surface area contributed by atoms with Gasteiger partial charge in [0, 0.05) is 25.4 Å². The van der Waals surface area contributed by atoms with Crippen LogP contribution in [0.4, 0.5) is 17.1 Å². The highest BCUT2D eigenvalue weighted by Gasteiger charge is 2.24. The number of hydrogen-bond donors (Lipinski definition) is 3. The summed E-state index contributed by atoms with van der Waals surface area (Å²) in [5, 5.41) is 12.0. The summed E-state index contributed by atoms with van der Waals surface area (Å²) in [6.07, 6.45) is 3.55. The number of aliphatic hydroxyl groups is 1. The minimum absolute atomic E-state index is 0.0355. The molecule has 0 saturated carbocycles. The van der Waals surface area contributed by atoms with E-state index in [0.29, 0.717) is 12.3 Å². The molecular weight excluding hydrogens is 254 g/mol. The molecule has 108 valence electrons. The van der Waals surface area contributed by atoms with Crippen molar-refractivity contribution in [1.29, 1.82) is 0 Å². The Morgan fingerprint density at radius 1 is 1.45 bits per heavy atom. The van der Waals surface area contributed by atoms with Gasteiger partial charge in [-0.1, -0.05) is 0 Å². The maximum Gasteiger partial charge on any atom is 0.228 e. The first-order valence-corrected chi connectivity index (χ1v) is 7.25. The number of carbonyl (C=O) groups excluding carboxylic acids is 1. The van der Waals surface area contributed by atoms with Gasteiger partial charge >= 0.3 is 0 Å². The Hall–Kier alpha value is -1.75. The average molecular weight is 275 g/mol. The predicted octanol–water partition coefficient (Wildman–Crippen LogP) is 1.36. The van der Waals surface area contributed by atoms with E-state index in [9.17, 15) is 4.79 Å². The topological polar surface area (TPSA) is 78.6 Å². The zero-order valence-electron chi connectivity index (χ0n) is 11.6. The zero-order valence-corrected chi connectivity index (χ0v) is 11.6. The highest BCUT2D eigenvalue weighted by atomic mass is 16.3. The molecule has 20 heavy (non-hydrogen) atoms. The Morgan fingerprint density at radius 2 is 2.30 bits per heavy atom. The second-order valence-corrected chi connectivity index (χ2v) is 5.76. The van der Waals surface area contributed by atoms with Crippen LogP contribution in [0.2, 0.25) is 0 Å². The third-order valence-corrected chi connectivity index (χ3v) is 4.27. The van der Waals surface area contributed by atoms with Gasteiger partial charge in [0.25, 0.3) is 0 Å². The Labute approximate surface area is 118 Å². The van der Waals surface area contributed by atoms with Crippen molar-refractivity contribution in [3.8, 4) is 0 Å². The van der Waals surface area contributed by atoms with Gasteiger partial charge in [-0.2, -0.15) is 0 Å². The first-order chi connectivity index (χ1) is 9.67. The van der Waals surface area contributed by atoms with E-state index in [0.717, 1.165) is 48.6 Å². The van der Waals surface area contributed by atoms with Crippen LogP contribution in [0, 0.1) is 5.92 Å². The number of nitrogens with zero attached hydrogens (tertiary/aromatic N) is 1. The molecule has 1 saturated heterocycles. The lowest BCUT2D eigenvalue weighted by molar-refractivity contribution is -0.115. The fourth-order valence-electron chi connectivity index (χ4n) is 3.26. The number of nitrogens with two attached hydrogens (primary N) is 1. The van der Waals surface area contributed by atoms with E-state index in [2.05, 4.69) is 10.2 Å². The van der Waals surface area contributed by atoms with Crippen LogP contribution in [-0.2, 0) is 11.2 Å². The molecule has 0 spiro atoms. The summed E-state index contributed by atoms with van der Waals surface area (Å²) in [7, 11) is 0. The molecule has 5 nitrogen and oxygen atoms in total. The van der Waals surface area contributed by atoms with Crippen molar-refractivity contribution in [2.75, 3.05) is 35.6 Å². The van der Waals surface area contributed by atoms with Gasteiger partial charge in [0.2, 0.25) is 5.91 Å². The molecule has 2 aliphatic heterocycles. The van der Waals surface area contributed by atoms with Gasteiger partial charge in [0.05, 0.1) is 17.8 Å². The Kier molecular flexibility index (Phi) is 3.53. The second kappa shape index (κ2) is 5.32. The van der Waals surface area contributed by atoms with Gasteiger partial charge in [0.1, 0.15) is 0 Å². The molecule has 0 aromatic heterocycles. The predicted molar refractivity (Wildman–Crippen MR) is 79.8 cm³/mol. The van der Waals surface area contributed by atoms with Gasteiger partial charge in [-0.15, -0.1) is 0 Å². The molecule has 5 heteroatoms. The van der Waals surface area contributed by atoms with Crippen LogP contribution in [0.15, 0.2) is 12.1 Å². The van der Waals surface area contributed by atoms with E-state index >= 15 is 0 Å². The van der Waals surface area contributed by atoms with Crippen molar-refractivity contribution in [2.24, 2.45) is 5.92 Å². The number of piperidine rings is 1. The molecular formula is C15H21N3O2. The SMILES string of the molecule is Nc1cc2c(cc1N1CCCC(CCO)C1)NC(=O)C2. The maximum absolute atomic E-state index is 11.4. The second-order valence-electron chi connectivity index (χ2n) is 5.76. The van der Waals surface area contributed by atoms with E-state index < -0.39 is 0 Å². The summed E-state index contributed by atoms with van der Waals surface area (Å²) in [6.45, 7) is 2.16. The van der Waals surface area contributed by atoms with E-state index in [4.69, 9.17) is 10.8 Å². The fourth-order valence-corrected chi connectivity index (χ4v) is 3.26. The van der Waals surface area contributed by atoms with Crippen LogP contribution in [-0.4, -0.2) is 30.7 Å². The number of nitrogens with one attached hydrogen (secondary N) is 1. The van der Waals surface area contributed by atoms with Gasteiger partial charge in [0.15, 0.2) is 0 Å². The Bertz CT molecular complexity index is 528. The van der Waals surface area contributed by atoms with Crippen molar-refractivity contribution in [2.45, 2.75) is 25.7 Å². The monoisotopic (exact) mass is 275 g/mol. The summed E-state index contributed by atoms with van der Waals surface area (Å²) in [5.74, 6) is 0.560. The molecule has 1 aromatic carbocycles. The molecule has 2 heterocycles. The third kappa shape index (κ3) is 2.45. The molecule has 0 radical (unpaired) electrons. The Morgan fingerprint density at radius 3 is 3.10 bits per heavy atom. The molecule has 4 N–H and O–H groups in total. The molecule has 1 unspecified atom stereocenters. The van der Waals surface area contributed by atoms with Crippen molar-refractivity contribution < 1.29 is 9.90 Å². The summed E-state index contributed by atoms with van der Waals surface area (Å²) in [6, 6.07) is 3.91. The molecule has 2 aliphatic rings. The minimum Gasteiger partial charge on any atom is -0.397 e. The van der Waals surface area contributed by atoms with Crippen LogP contribution in [0.5, 0.6) is 0 Å². The lowest BCUT2D eigenvalue weighted by atomic mass is 9.94. The molecule has 0 aliphatic carbocycles. The van der Waals surface area contributed by atoms with Gasteiger partial charge in [-0.3, -0.25) is 4.79 Å². The minimum atomic E-state index is 0.0355.